The molecule has 0 spiro atoms. The summed E-state index contributed by atoms with van der Waals surface area (Å²) in [5.41, 5.74) is 0.142. The predicted octanol–water partition coefficient (Wildman–Crippen LogP) is 1.01. The third kappa shape index (κ3) is 5.33. The second kappa shape index (κ2) is 7.32. The van der Waals surface area contributed by atoms with E-state index in [0.717, 1.165) is 12.1 Å². The van der Waals surface area contributed by atoms with Gasteiger partial charge in [0.25, 0.3) is 0 Å². The first kappa shape index (κ1) is 17.3. The number of hydrogen-bond donors (Lipinski definition) is 4. The minimum Gasteiger partial charge on any atom is -0.504 e. The number of carboxylic acid groups (broad SMARTS) is 1. The molecule has 120 valence electrons. The number of carbonyl (C=O) groups is 2. The number of rotatable bonds is 4. The summed E-state index contributed by atoms with van der Waals surface area (Å²) in [6.45, 7) is 6.14. The number of esters is 1. The number of epoxide rings is 1. The summed E-state index contributed by atoms with van der Waals surface area (Å²) in [7, 11) is 0. The van der Waals surface area contributed by atoms with Gasteiger partial charge in [0.1, 0.15) is 12.7 Å². The number of benzene rings is 1. The molecule has 0 aromatic heterocycles. The second-order valence-corrected chi connectivity index (χ2v) is 4.50. The molecule has 1 atom stereocenters. The van der Waals surface area contributed by atoms with E-state index in [4.69, 9.17) is 29.9 Å². The van der Waals surface area contributed by atoms with E-state index < -0.39 is 23.2 Å². The molecule has 0 amide bonds. The lowest BCUT2D eigenvalue weighted by molar-refractivity contribution is -0.139. The van der Waals surface area contributed by atoms with E-state index in [0.29, 0.717) is 18.8 Å². The Morgan fingerprint density at radius 1 is 1.32 bits per heavy atom. The Kier molecular flexibility index (Phi) is 5.76. The molecule has 4 N–H and O–H groups in total. The number of aromatic carboxylic acids is 1. The second-order valence-electron chi connectivity index (χ2n) is 4.50. The first-order valence-corrected chi connectivity index (χ1v) is 6.14. The highest BCUT2D eigenvalue weighted by Crippen LogP contribution is 2.35. The van der Waals surface area contributed by atoms with E-state index in [1.165, 1.54) is 0 Å². The van der Waals surface area contributed by atoms with Crippen LogP contribution in [0.2, 0.25) is 0 Å². The molecule has 0 saturated carbocycles. The minimum absolute atomic E-state index is 0.142. The molecular weight excluding hydrogens is 296 g/mol. The van der Waals surface area contributed by atoms with E-state index in [1.54, 1.807) is 6.92 Å². The van der Waals surface area contributed by atoms with Crippen LogP contribution in [0.5, 0.6) is 17.2 Å². The number of carboxylic acids is 1. The van der Waals surface area contributed by atoms with Gasteiger partial charge < -0.3 is 29.9 Å². The molecule has 0 radical (unpaired) electrons. The van der Waals surface area contributed by atoms with Gasteiger partial charge in [0.05, 0.1) is 12.2 Å². The molecule has 8 nitrogen and oxygen atoms in total. The lowest BCUT2D eigenvalue weighted by Crippen LogP contribution is -2.09. The van der Waals surface area contributed by atoms with Crippen molar-refractivity contribution >= 4 is 11.9 Å². The summed E-state index contributed by atoms with van der Waals surface area (Å²) in [6.07, 6.45) is 0.142. The molecule has 1 aromatic carbocycles. The number of carbonyl (C=O) groups excluding carboxylic acids is 1. The molecule has 1 aliphatic rings. The molecule has 1 fully saturated rings. The molecule has 0 aliphatic carbocycles. The fourth-order valence-corrected chi connectivity index (χ4v) is 1.18. The van der Waals surface area contributed by atoms with Crippen LogP contribution >= 0.6 is 0 Å². The van der Waals surface area contributed by atoms with Gasteiger partial charge in [-0.3, -0.25) is 0 Å². The Morgan fingerprint density at radius 3 is 2.18 bits per heavy atom. The number of ether oxygens (including phenoxy) is 2. The summed E-state index contributed by atoms with van der Waals surface area (Å²) >= 11 is 0. The topological polar surface area (TPSA) is 137 Å². The molecule has 0 bridgehead atoms. The fraction of sp³-hybridized carbons (Fsp3) is 0.286. The number of phenols is 3. The lowest BCUT2D eigenvalue weighted by atomic mass is 10.2. The number of hydrogen-bond acceptors (Lipinski definition) is 7. The Labute approximate surface area is 125 Å². The first-order chi connectivity index (χ1) is 10.2. The SMILES string of the molecule is C=C(C)C(=O)OCC1CO1.O=C(O)c1cc(O)c(O)c(O)c1. The molecular formula is C14H16O8. The van der Waals surface area contributed by atoms with Crippen LogP contribution in [0.3, 0.4) is 0 Å². The normalized spacial score (nSPS) is 15.2. The van der Waals surface area contributed by atoms with E-state index in [-0.39, 0.29) is 17.6 Å². The van der Waals surface area contributed by atoms with Crippen molar-refractivity contribution in [3.8, 4) is 17.2 Å². The van der Waals surface area contributed by atoms with Crippen molar-refractivity contribution < 1.29 is 39.5 Å². The summed E-state index contributed by atoms with van der Waals surface area (Å²) in [5.74, 6) is -3.67. The number of phenolic OH excluding ortho intramolecular Hbond substituents is 3. The van der Waals surface area contributed by atoms with E-state index in [2.05, 4.69) is 6.58 Å². The van der Waals surface area contributed by atoms with Crippen LogP contribution in [0.1, 0.15) is 17.3 Å². The van der Waals surface area contributed by atoms with Crippen LogP contribution in [0.25, 0.3) is 0 Å². The van der Waals surface area contributed by atoms with Gasteiger partial charge in [0.15, 0.2) is 17.2 Å². The zero-order chi connectivity index (χ0) is 16.9. The van der Waals surface area contributed by atoms with Crippen molar-refractivity contribution in [3.05, 3.63) is 29.8 Å². The van der Waals surface area contributed by atoms with Gasteiger partial charge in [-0.25, -0.2) is 9.59 Å². The Bertz CT molecular complexity index is 566. The zero-order valence-electron chi connectivity index (χ0n) is 11.8. The fourth-order valence-electron chi connectivity index (χ4n) is 1.18. The Morgan fingerprint density at radius 2 is 1.82 bits per heavy atom. The summed E-state index contributed by atoms with van der Waals surface area (Å²) in [6, 6.07) is 1.69. The molecule has 1 saturated heterocycles. The standard InChI is InChI=1S/C7H6O5.C7H10O3/c8-4-1-3(7(11)12)2-5(9)6(4)10;1-5(2)7(8)10-4-6-3-9-6/h1-2,8-10H,(H,11,12);6H,1,3-4H2,2H3. The van der Waals surface area contributed by atoms with Gasteiger partial charge in [-0.2, -0.15) is 0 Å². The smallest absolute Gasteiger partial charge is 0.335 e. The maximum atomic E-state index is 10.7. The third-order valence-electron chi connectivity index (χ3n) is 2.47. The van der Waals surface area contributed by atoms with Gasteiger partial charge in [-0.15, -0.1) is 0 Å². The molecule has 22 heavy (non-hydrogen) atoms. The lowest BCUT2D eigenvalue weighted by Gasteiger charge is -2.01. The number of aromatic hydroxyl groups is 3. The molecule has 8 heteroatoms. The van der Waals surface area contributed by atoms with E-state index in [9.17, 15) is 9.59 Å². The summed E-state index contributed by atoms with van der Waals surface area (Å²) in [4.78, 5) is 21.0. The summed E-state index contributed by atoms with van der Waals surface area (Å²) in [5, 5.41) is 35.0. The van der Waals surface area contributed by atoms with Crippen molar-refractivity contribution in [2.24, 2.45) is 0 Å². The predicted molar refractivity (Wildman–Crippen MR) is 73.9 cm³/mol. The van der Waals surface area contributed by atoms with Gasteiger partial charge in [0.2, 0.25) is 0 Å². The largest absolute Gasteiger partial charge is 0.504 e. The van der Waals surface area contributed by atoms with Crippen LogP contribution in [-0.4, -0.2) is 51.7 Å². The van der Waals surface area contributed by atoms with Gasteiger partial charge >= 0.3 is 11.9 Å². The average Bonchev–Trinajstić information content (AvgIpc) is 3.26. The van der Waals surface area contributed by atoms with Crippen molar-refractivity contribution in [3.63, 3.8) is 0 Å². The van der Waals surface area contributed by atoms with Crippen LogP contribution in [0, 0.1) is 0 Å². The van der Waals surface area contributed by atoms with Crippen LogP contribution < -0.4 is 0 Å². The molecule has 1 unspecified atom stereocenters. The average molecular weight is 312 g/mol. The maximum absolute atomic E-state index is 10.7. The van der Waals surface area contributed by atoms with Crippen LogP contribution in [0.4, 0.5) is 0 Å². The van der Waals surface area contributed by atoms with E-state index >= 15 is 0 Å². The quantitative estimate of drug-likeness (QED) is 0.280. The maximum Gasteiger partial charge on any atom is 0.335 e. The molecule has 1 heterocycles. The first-order valence-electron chi connectivity index (χ1n) is 6.14. The summed E-state index contributed by atoms with van der Waals surface area (Å²) < 4.78 is 9.60. The Hall–Kier alpha value is -2.74. The van der Waals surface area contributed by atoms with Crippen molar-refractivity contribution in [2.75, 3.05) is 13.2 Å². The van der Waals surface area contributed by atoms with Crippen LogP contribution in [-0.2, 0) is 14.3 Å². The van der Waals surface area contributed by atoms with Gasteiger partial charge in [-0.1, -0.05) is 6.58 Å². The van der Waals surface area contributed by atoms with E-state index in [1.807, 2.05) is 0 Å². The highest BCUT2D eigenvalue weighted by atomic mass is 16.6. The minimum atomic E-state index is -1.29. The highest BCUT2D eigenvalue weighted by molar-refractivity contribution is 5.89. The molecule has 1 aliphatic heterocycles. The monoisotopic (exact) mass is 312 g/mol. The van der Waals surface area contributed by atoms with Crippen LogP contribution in [0.15, 0.2) is 24.3 Å². The molecule has 2 rings (SSSR count). The third-order valence-corrected chi connectivity index (χ3v) is 2.47. The van der Waals surface area contributed by atoms with Crippen molar-refractivity contribution in [1.82, 2.24) is 0 Å². The highest BCUT2D eigenvalue weighted by Gasteiger charge is 2.24. The van der Waals surface area contributed by atoms with Gasteiger partial charge in [0, 0.05) is 5.57 Å². The Balaban J connectivity index is 0.000000224. The molecule has 1 aromatic rings. The zero-order valence-corrected chi connectivity index (χ0v) is 11.8. The van der Waals surface area contributed by atoms with Crippen molar-refractivity contribution in [1.29, 1.82) is 0 Å². The van der Waals surface area contributed by atoms with Crippen molar-refractivity contribution in [2.45, 2.75) is 13.0 Å². The van der Waals surface area contributed by atoms with Gasteiger partial charge in [-0.05, 0) is 19.1 Å².